The van der Waals surface area contributed by atoms with Gasteiger partial charge in [-0.1, -0.05) is 6.07 Å². The van der Waals surface area contributed by atoms with Crippen molar-refractivity contribution in [2.24, 2.45) is 11.7 Å². The van der Waals surface area contributed by atoms with E-state index in [0.29, 0.717) is 5.69 Å². The van der Waals surface area contributed by atoms with Crippen molar-refractivity contribution in [2.75, 3.05) is 25.9 Å². The third-order valence-corrected chi connectivity index (χ3v) is 3.70. The number of nitrogens with two attached hydrogens (primary N) is 2. The molecule has 1 aromatic carbocycles. The molecule has 104 valence electrons. The maximum atomic E-state index is 11.1. The topological polar surface area (TPSA) is 81.6 Å². The van der Waals surface area contributed by atoms with Crippen LogP contribution in [0.15, 0.2) is 18.2 Å². The lowest BCUT2D eigenvalue weighted by Crippen LogP contribution is -2.38. The summed E-state index contributed by atoms with van der Waals surface area (Å²) in [5.41, 5.74) is 12.9. The Labute approximate surface area is 113 Å². The lowest BCUT2D eigenvalue weighted by Gasteiger charge is -2.30. The lowest BCUT2D eigenvalue weighted by atomic mass is 9.96. The summed E-state index contributed by atoms with van der Waals surface area (Å²) in [4.78, 5) is 13.4. The minimum atomic E-state index is -0.176. The predicted octanol–water partition coefficient (Wildman–Crippen LogP) is 0.975. The van der Waals surface area contributed by atoms with Crippen molar-refractivity contribution in [3.63, 3.8) is 0 Å². The van der Waals surface area contributed by atoms with E-state index in [1.807, 2.05) is 18.2 Å². The van der Waals surface area contributed by atoms with E-state index in [1.165, 1.54) is 0 Å². The van der Waals surface area contributed by atoms with E-state index in [0.717, 1.165) is 43.8 Å². The highest BCUT2D eigenvalue weighted by molar-refractivity contribution is 5.76. The van der Waals surface area contributed by atoms with Crippen LogP contribution in [0, 0.1) is 5.92 Å². The quantitative estimate of drug-likeness (QED) is 0.793. The second-order valence-electron chi connectivity index (χ2n) is 5.02. The number of benzene rings is 1. The van der Waals surface area contributed by atoms with Gasteiger partial charge in [0, 0.05) is 29.8 Å². The summed E-state index contributed by atoms with van der Waals surface area (Å²) in [6, 6.07) is 5.72. The fourth-order valence-electron chi connectivity index (χ4n) is 2.51. The van der Waals surface area contributed by atoms with Crippen LogP contribution in [0.4, 0.5) is 5.69 Å². The average molecular weight is 263 g/mol. The number of anilines is 1. The zero-order chi connectivity index (χ0) is 13.8. The van der Waals surface area contributed by atoms with Gasteiger partial charge < -0.3 is 16.2 Å². The monoisotopic (exact) mass is 263 g/mol. The van der Waals surface area contributed by atoms with E-state index in [4.69, 9.17) is 16.2 Å². The normalized spacial score (nSPS) is 17.3. The molecule has 0 radical (unpaired) electrons. The molecule has 0 atom stereocenters. The number of carbonyl (C=O) groups is 1. The van der Waals surface area contributed by atoms with Gasteiger partial charge >= 0.3 is 0 Å². The van der Waals surface area contributed by atoms with Crippen LogP contribution in [-0.2, 0) is 11.3 Å². The smallest absolute Gasteiger partial charge is 0.220 e. The first-order valence-corrected chi connectivity index (χ1v) is 6.54. The summed E-state index contributed by atoms with van der Waals surface area (Å²) < 4.78 is 5.35. The van der Waals surface area contributed by atoms with Crippen molar-refractivity contribution in [1.29, 1.82) is 0 Å². The molecule has 0 unspecified atom stereocenters. The predicted molar refractivity (Wildman–Crippen MR) is 74.6 cm³/mol. The standard InChI is InChI=1S/C14H21N3O2/c1-19-13-8-12(15)3-2-11(13)9-17-6-4-10(5-7-17)14(16)18/h2-3,8,10H,4-7,9,15H2,1H3,(H2,16,18). The molecule has 1 fully saturated rings. The summed E-state index contributed by atoms with van der Waals surface area (Å²) in [5.74, 6) is 0.673. The minimum Gasteiger partial charge on any atom is -0.496 e. The van der Waals surface area contributed by atoms with Gasteiger partial charge in [0.25, 0.3) is 0 Å². The van der Waals surface area contributed by atoms with E-state index in [2.05, 4.69) is 4.90 Å². The van der Waals surface area contributed by atoms with Crippen LogP contribution in [-0.4, -0.2) is 31.0 Å². The molecule has 2 rings (SSSR count). The lowest BCUT2D eigenvalue weighted by molar-refractivity contribution is -0.123. The van der Waals surface area contributed by atoms with E-state index >= 15 is 0 Å². The second-order valence-corrected chi connectivity index (χ2v) is 5.02. The fraction of sp³-hybridized carbons (Fsp3) is 0.500. The number of rotatable bonds is 4. The van der Waals surface area contributed by atoms with Crippen molar-refractivity contribution in [3.05, 3.63) is 23.8 Å². The molecular formula is C14H21N3O2. The third kappa shape index (κ3) is 3.38. The van der Waals surface area contributed by atoms with Crippen molar-refractivity contribution >= 4 is 11.6 Å². The van der Waals surface area contributed by atoms with Gasteiger partial charge in [0.1, 0.15) is 5.75 Å². The SMILES string of the molecule is COc1cc(N)ccc1CN1CCC(C(N)=O)CC1. The van der Waals surface area contributed by atoms with Crippen molar-refractivity contribution in [2.45, 2.75) is 19.4 Å². The highest BCUT2D eigenvalue weighted by Gasteiger charge is 2.23. The zero-order valence-electron chi connectivity index (χ0n) is 11.3. The molecule has 1 heterocycles. The zero-order valence-corrected chi connectivity index (χ0v) is 11.3. The summed E-state index contributed by atoms with van der Waals surface area (Å²) in [7, 11) is 1.65. The van der Waals surface area contributed by atoms with Gasteiger partial charge in [-0.05, 0) is 32.0 Å². The average Bonchev–Trinajstić information content (AvgIpc) is 2.41. The first-order valence-electron chi connectivity index (χ1n) is 6.54. The number of ether oxygens (including phenoxy) is 1. The maximum absolute atomic E-state index is 11.1. The number of nitrogens with zero attached hydrogens (tertiary/aromatic N) is 1. The Balaban J connectivity index is 1.97. The van der Waals surface area contributed by atoms with Crippen molar-refractivity contribution in [1.82, 2.24) is 4.90 Å². The second kappa shape index (κ2) is 5.93. The van der Waals surface area contributed by atoms with Gasteiger partial charge in [-0.25, -0.2) is 0 Å². The minimum absolute atomic E-state index is 0.0320. The number of hydrogen-bond acceptors (Lipinski definition) is 4. The van der Waals surface area contributed by atoms with Crippen LogP contribution in [0.25, 0.3) is 0 Å². The number of likely N-dealkylation sites (tertiary alicyclic amines) is 1. The van der Waals surface area contributed by atoms with Gasteiger partial charge in [-0.2, -0.15) is 0 Å². The molecule has 0 spiro atoms. The molecule has 0 bridgehead atoms. The van der Waals surface area contributed by atoms with Gasteiger partial charge in [0.2, 0.25) is 5.91 Å². The summed E-state index contributed by atoms with van der Waals surface area (Å²) in [6.45, 7) is 2.59. The Hall–Kier alpha value is -1.75. The first-order chi connectivity index (χ1) is 9.10. The Kier molecular flexibility index (Phi) is 4.27. The van der Waals surface area contributed by atoms with Crippen LogP contribution in [0.3, 0.4) is 0 Å². The van der Waals surface area contributed by atoms with Gasteiger partial charge in [-0.15, -0.1) is 0 Å². The van der Waals surface area contributed by atoms with Crippen LogP contribution in [0.1, 0.15) is 18.4 Å². The molecule has 1 amide bonds. The number of nitrogen functional groups attached to an aromatic ring is 1. The highest BCUT2D eigenvalue weighted by atomic mass is 16.5. The molecule has 5 heteroatoms. The molecule has 1 aliphatic rings. The molecule has 0 aromatic heterocycles. The highest BCUT2D eigenvalue weighted by Crippen LogP contribution is 2.25. The van der Waals surface area contributed by atoms with E-state index in [9.17, 15) is 4.79 Å². The molecule has 19 heavy (non-hydrogen) atoms. The molecule has 0 saturated carbocycles. The molecule has 0 aliphatic carbocycles. The number of primary amides is 1. The van der Waals surface area contributed by atoms with Gasteiger partial charge in [0.05, 0.1) is 7.11 Å². The van der Waals surface area contributed by atoms with Crippen LogP contribution >= 0.6 is 0 Å². The molecule has 4 N–H and O–H groups in total. The Morgan fingerprint density at radius 2 is 2.11 bits per heavy atom. The Bertz CT molecular complexity index is 454. The molecular weight excluding hydrogens is 242 g/mol. The maximum Gasteiger partial charge on any atom is 0.220 e. The first kappa shape index (κ1) is 13.7. The molecule has 1 aromatic rings. The Morgan fingerprint density at radius 1 is 1.42 bits per heavy atom. The van der Waals surface area contributed by atoms with Crippen LogP contribution in [0.5, 0.6) is 5.75 Å². The van der Waals surface area contributed by atoms with Crippen molar-refractivity contribution in [3.8, 4) is 5.75 Å². The summed E-state index contributed by atoms with van der Waals surface area (Å²) in [5, 5.41) is 0. The number of piperidine rings is 1. The summed E-state index contributed by atoms with van der Waals surface area (Å²) in [6.07, 6.45) is 1.68. The Morgan fingerprint density at radius 3 is 2.68 bits per heavy atom. The van der Waals surface area contributed by atoms with E-state index in [1.54, 1.807) is 7.11 Å². The van der Waals surface area contributed by atoms with E-state index < -0.39 is 0 Å². The molecule has 1 saturated heterocycles. The van der Waals surface area contributed by atoms with Gasteiger partial charge in [0.15, 0.2) is 0 Å². The van der Waals surface area contributed by atoms with Gasteiger partial charge in [-0.3, -0.25) is 9.69 Å². The largest absolute Gasteiger partial charge is 0.496 e. The third-order valence-electron chi connectivity index (χ3n) is 3.70. The summed E-state index contributed by atoms with van der Waals surface area (Å²) >= 11 is 0. The van der Waals surface area contributed by atoms with Crippen molar-refractivity contribution < 1.29 is 9.53 Å². The number of amides is 1. The number of carbonyl (C=O) groups excluding carboxylic acids is 1. The van der Waals surface area contributed by atoms with Crippen LogP contribution in [0.2, 0.25) is 0 Å². The molecule has 1 aliphatic heterocycles. The fourth-order valence-corrected chi connectivity index (χ4v) is 2.51. The molecule has 5 nitrogen and oxygen atoms in total. The number of hydrogen-bond donors (Lipinski definition) is 2. The van der Waals surface area contributed by atoms with Crippen LogP contribution < -0.4 is 16.2 Å². The number of methoxy groups -OCH3 is 1. The van der Waals surface area contributed by atoms with E-state index in [-0.39, 0.29) is 11.8 Å².